The van der Waals surface area contributed by atoms with Crippen molar-refractivity contribution >= 4 is 23.3 Å². The first-order chi connectivity index (χ1) is 14.6. The van der Waals surface area contributed by atoms with Crippen LogP contribution in [0, 0.1) is 11.8 Å². The summed E-state index contributed by atoms with van der Waals surface area (Å²) in [5, 5.41) is 6.52. The predicted octanol–water partition coefficient (Wildman–Crippen LogP) is 4.35. The van der Waals surface area contributed by atoms with E-state index in [1.54, 1.807) is 26.0 Å². The number of esters is 2. The molecule has 2 aromatic rings. The molecule has 2 unspecified atom stereocenters. The Labute approximate surface area is 176 Å². The molecule has 0 fully saturated rings. The number of benzene rings is 2. The molecule has 0 amide bonds. The molecule has 0 spiro atoms. The lowest BCUT2D eigenvalue weighted by Gasteiger charge is -2.28. The highest BCUT2D eigenvalue weighted by Crippen LogP contribution is 2.31. The number of nitrogens with one attached hydrogen (secondary N) is 2. The minimum Gasteiger partial charge on any atom is -0.465 e. The van der Waals surface area contributed by atoms with E-state index in [1.165, 1.54) is 0 Å². The molecule has 6 nitrogen and oxygen atoms in total. The van der Waals surface area contributed by atoms with Crippen molar-refractivity contribution in [3.8, 4) is 0 Å². The Balaban J connectivity index is 1.98. The van der Waals surface area contributed by atoms with Gasteiger partial charge in [-0.25, -0.2) is 0 Å². The normalized spacial score (nSPS) is 17.9. The van der Waals surface area contributed by atoms with Crippen molar-refractivity contribution in [1.29, 1.82) is 0 Å². The van der Waals surface area contributed by atoms with Crippen LogP contribution in [0.4, 0.5) is 11.4 Å². The average molecular weight is 406 g/mol. The lowest BCUT2D eigenvalue weighted by molar-refractivity contribution is -0.147. The number of rotatable bonds is 8. The topological polar surface area (TPSA) is 76.7 Å². The number of hydrogen-bond donors (Lipinski definition) is 2. The molecule has 156 valence electrons. The van der Waals surface area contributed by atoms with Gasteiger partial charge >= 0.3 is 11.9 Å². The number of ether oxygens (including phenoxy) is 2. The first-order valence-corrected chi connectivity index (χ1v) is 10.0. The van der Waals surface area contributed by atoms with E-state index in [0.717, 1.165) is 11.4 Å². The van der Waals surface area contributed by atoms with Gasteiger partial charge in [0, 0.05) is 22.8 Å². The molecule has 0 bridgehead atoms. The monoisotopic (exact) mass is 406 g/mol. The summed E-state index contributed by atoms with van der Waals surface area (Å²) in [6.07, 6.45) is 3.47. The molecular weight excluding hydrogens is 380 g/mol. The van der Waals surface area contributed by atoms with Gasteiger partial charge in [0.25, 0.3) is 0 Å². The van der Waals surface area contributed by atoms with Gasteiger partial charge in [0.05, 0.1) is 13.2 Å². The summed E-state index contributed by atoms with van der Waals surface area (Å²) < 4.78 is 10.6. The maximum absolute atomic E-state index is 12.7. The quantitative estimate of drug-likeness (QED) is 0.635. The molecule has 3 rings (SSSR count). The van der Waals surface area contributed by atoms with Crippen molar-refractivity contribution in [2.45, 2.75) is 13.8 Å². The second kappa shape index (κ2) is 10.3. The maximum Gasteiger partial charge on any atom is 0.318 e. The smallest absolute Gasteiger partial charge is 0.318 e. The van der Waals surface area contributed by atoms with Crippen LogP contribution in [0.1, 0.15) is 13.8 Å². The number of para-hydroxylation sites is 2. The molecule has 1 aliphatic rings. The van der Waals surface area contributed by atoms with Crippen LogP contribution >= 0.6 is 0 Å². The average Bonchev–Trinajstić information content (AvgIpc) is 2.76. The maximum atomic E-state index is 12.7. The van der Waals surface area contributed by atoms with E-state index in [1.807, 2.05) is 60.7 Å². The zero-order valence-electron chi connectivity index (χ0n) is 17.1. The third kappa shape index (κ3) is 5.29. The molecule has 0 aromatic heterocycles. The van der Waals surface area contributed by atoms with E-state index in [4.69, 9.17) is 9.47 Å². The minimum atomic E-state index is -0.679. The van der Waals surface area contributed by atoms with Crippen LogP contribution < -0.4 is 10.6 Å². The van der Waals surface area contributed by atoms with Crippen molar-refractivity contribution in [2.75, 3.05) is 23.8 Å². The molecule has 0 aliphatic heterocycles. The van der Waals surface area contributed by atoms with Gasteiger partial charge in [0.1, 0.15) is 11.8 Å². The third-order valence-electron chi connectivity index (χ3n) is 4.57. The van der Waals surface area contributed by atoms with Crippen molar-refractivity contribution in [3.05, 3.63) is 84.2 Å². The summed E-state index contributed by atoms with van der Waals surface area (Å²) in [6, 6.07) is 19.0. The highest BCUT2D eigenvalue weighted by Gasteiger charge is 2.34. The predicted molar refractivity (Wildman–Crippen MR) is 117 cm³/mol. The fraction of sp³-hybridized carbons (Fsp3) is 0.250. The van der Waals surface area contributed by atoms with E-state index < -0.39 is 11.8 Å². The zero-order valence-corrected chi connectivity index (χ0v) is 17.1. The summed E-state index contributed by atoms with van der Waals surface area (Å²) in [4.78, 5) is 25.4. The van der Waals surface area contributed by atoms with Crippen LogP contribution in [0.25, 0.3) is 0 Å². The largest absolute Gasteiger partial charge is 0.465 e. The molecule has 0 saturated heterocycles. The molecule has 0 radical (unpaired) electrons. The summed E-state index contributed by atoms with van der Waals surface area (Å²) in [6.45, 7) is 4.07. The summed E-state index contributed by atoms with van der Waals surface area (Å²) in [7, 11) is 0. The molecular formula is C24H26N2O4. The summed E-state index contributed by atoms with van der Waals surface area (Å²) in [5.41, 5.74) is 2.79. The number of anilines is 2. The van der Waals surface area contributed by atoms with Gasteiger partial charge in [0.2, 0.25) is 0 Å². The van der Waals surface area contributed by atoms with Crippen LogP contribution in [0.5, 0.6) is 0 Å². The van der Waals surface area contributed by atoms with Crippen LogP contribution in [-0.2, 0) is 19.1 Å². The van der Waals surface area contributed by atoms with Gasteiger partial charge in [-0.1, -0.05) is 36.4 Å². The first kappa shape index (κ1) is 21.2. The molecule has 6 heteroatoms. The van der Waals surface area contributed by atoms with Crippen molar-refractivity contribution in [3.63, 3.8) is 0 Å². The fourth-order valence-electron chi connectivity index (χ4n) is 3.22. The van der Waals surface area contributed by atoms with Gasteiger partial charge in [-0.2, -0.15) is 0 Å². The van der Waals surface area contributed by atoms with Crippen molar-refractivity contribution in [1.82, 2.24) is 0 Å². The van der Waals surface area contributed by atoms with E-state index in [0.29, 0.717) is 11.4 Å². The molecule has 2 atom stereocenters. The second-order valence-corrected chi connectivity index (χ2v) is 6.69. The van der Waals surface area contributed by atoms with Gasteiger partial charge in [-0.15, -0.1) is 0 Å². The van der Waals surface area contributed by atoms with E-state index in [9.17, 15) is 9.59 Å². The second-order valence-electron chi connectivity index (χ2n) is 6.69. The van der Waals surface area contributed by atoms with Crippen LogP contribution in [0.2, 0.25) is 0 Å². The van der Waals surface area contributed by atoms with E-state index >= 15 is 0 Å². The molecule has 2 aromatic carbocycles. The molecule has 2 N–H and O–H groups in total. The highest BCUT2D eigenvalue weighted by atomic mass is 16.5. The lowest BCUT2D eigenvalue weighted by Crippen LogP contribution is -2.32. The first-order valence-electron chi connectivity index (χ1n) is 10.0. The third-order valence-corrected chi connectivity index (χ3v) is 4.57. The lowest BCUT2D eigenvalue weighted by atomic mass is 9.89. The van der Waals surface area contributed by atoms with Crippen LogP contribution in [0.3, 0.4) is 0 Å². The molecule has 0 heterocycles. The minimum absolute atomic E-state index is 0.268. The Kier molecular flexibility index (Phi) is 7.27. The molecule has 30 heavy (non-hydrogen) atoms. The van der Waals surface area contributed by atoms with Crippen molar-refractivity contribution in [2.24, 2.45) is 11.8 Å². The van der Waals surface area contributed by atoms with Gasteiger partial charge in [0.15, 0.2) is 0 Å². The van der Waals surface area contributed by atoms with E-state index in [-0.39, 0.29) is 25.2 Å². The van der Waals surface area contributed by atoms with Crippen molar-refractivity contribution < 1.29 is 19.1 Å². The van der Waals surface area contributed by atoms with Gasteiger partial charge in [-0.3, -0.25) is 9.59 Å². The summed E-state index contributed by atoms with van der Waals surface area (Å²) in [5.74, 6) is -2.13. The number of carbonyl (C=O) groups excluding carboxylic acids is 2. The van der Waals surface area contributed by atoms with Crippen LogP contribution in [-0.4, -0.2) is 25.2 Å². The fourth-order valence-corrected chi connectivity index (χ4v) is 3.22. The zero-order chi connectivity index (χ0) is 21.3. The molecule has 0 saturated carbocycles. The Morgan fingerprint density at radius 3 is 1.40 bits per heavy atom. The van der Waals surface area contributed by atoms with Gasteiger partial charge in [-0.05, 0) is 50.3 Å². The van der Waals surface area contributed by atoms with Crippen LogP contribution in [0.15, 0.2) is 84.2 Å². The number of hydrogen-bond acceptors (Lipinski definition) is 6. The standard InChI is InChI=1S/C24H26N2O4/c1-3-29-23(27)19-15-22(26-18-13-9-6-10-14-18)20(24(28)30-4-2)16-21(19)25-17-11-7-5-8-12-17/h5-16,19-20,25-26H,3-4H2,1-2H3. The number of carbonyl (C=O) groups is 2. The Bertz CT molecular complexity index is 845. The van der Waals surface area contributed by atoms with Gasteiger partial charge < -0.3 is 20.1 Å². The highest BCUT2D eigenvalue weighted by molar-refractivity contribution is 5.85. The SMILES string of the molecule is CCOC(=O)C1C=C(Nc2ccccc2)C(C(=O)OCC)C=C1Nc1ccccc1. The molecule has 1 aliphatic carbocycles. The Hall–Kier alpha value is -3.54. The van der Waals surface area contributed by atoms with E-state index in [2.05, 4.69) is 10.6 Å². The Morgan fingerprint density at radius 2 is 1.07 bits per heavy atom. The summed E-state index contributed by atoms with van der Waals surface area (Å²) >= 11 is 0. The Morgan fingerprint density at radius 1 is 0.700 bits per heavy atom.